The van der Waals surface area contributed by atoms with Gasteiger partial charge in [0.25, 0.3) is 0 Å². The van der Waals surface area contributed by atoms with Gasteiger partial charge in [-0.05, 0) is 36.4 Å². The second-order valence-corrected chi connectivity index (χ2v) is 4.97. The van der Waals surface area contributed by atoms with Gasteiger partial charge in [-0.25, -0.2) is 14.4 Å². The molecule has 0 spiro atoms. The van der Waals surface area contributed by atoms with Crippen molar-refractivity contribution in [2.45, 2.75) is 0 Å². The Bertz CT molecular complexity index is 995. The van der Waals surface area contributed by atoms with E-state index in [0.29, 0.717) is 11.3 Å². The number of halogens is 2. The highest BCUT2D eigenvalue weighted by atomic mass is 19.1. The van der Waals surface area contributed by atoms with Gasteiger partial charge >= 0.3 is 0 Å². The zero-order valence-electron chi connectivity index (χ0n) is 12.7. The van der Waals surface area contributed by atoms with E-state index in [-0.39, 0.29) is 22.7 Å². The lowest BCUT2D eigenvalue weighted by atomic mass is 10.1. The first kappa shape index (κ1) is 16.2. The molecule has 122 valence electrons. The summed E-state index contributed by atoms with van der Waals surface area (Å²) in [5, 5.41) is 19.8. The minimum Gasteiger partial charge on any atom is -0.505 e. The van der Waals surface area contributed by atoms with Gasteiger partial charge in [-0.2, -0.15) is 9.65 Å². The van der Waals surface area contributed by atoms with Crippen LogP contribution in [-0.4, -0.2) is 20.8 Å². The summed E-state index contributed by atoms with van der Waals surface area (Å²) in [6.45, 7) is 0. The topological polar surface area (TPSA) is 82.2 Å². The molecule has 0 aliphatic heterocycles. The third-order valence-corrected chi connectivity index (χ3v) is 3.35. The number of hydrogen-bond acceptors (Lipinski definition) is 5. The first-order valence-corrected chi connectivity index (χ1v) is 7.13. The van der Waals surface area contributed by atoms with Crippen molar-refractivity contribution in [1.82, 2.24) is 9.97 Å². The fourth-order valence-electron chi connectivity index (χ4n) is 2.20. The van der Waals surface area contributed by atoms with E-state index in [1.165, 1.54) is 48.8 Å². The molecule has 0 aliphatic carbocycles. The quantitative estimate of drug-likeness (QED) is 0.583. The molecule has 7 heteroatoms. The average Bonchev–Trinajstić information content (AvgIpc) is 2.62. The highest BCUT2D eigenvalue weighted by Crippen LogP contribution is 2.31. The molecule has 3 aromatic rings. The Hall–Kier alpha value is -3.66. The molecule has 0 radical (unpaired) electrons. The van der Waals surface area contributed by atoms with Gasteiger partial charge in [-0.1, -0.05) is 0 Å². The van der Waals surface area contributed by atoms with E-state index in [1.807, 2.05) is 6.07 Å². The van der Waals surface area contributed by atoms with Gasteiger partial charge in [-0.15, -0.1) is 0 Å². The number of benzene rings is 1. The minimum atomic E-state index is -0.718. The van der Waals surface area contributed by atoms with Gasteiger partial charge < -0.3 is 5.11 Å². The van der Waals surface area contributed by atoms with Crippen LogP contribution in [0, 0.1) is 23.1 Å². The van der Waals surface area contributed by atoms with Crippen molar-refractivity contribution in [3.8, 4) is 23.1 Å². The van der Waals surface area contributed by atoms with E-state index in [2.05, 4.69) is 15.0 Å². The monoisotopic (exact) mass is 336 g/mol. The Labute approximate surface area is 141 Å². The molecule has 0 atom stereocenters. The molecule has 1 N–H and O–H groups in total. The molecule has 0 bridgehead atoms. The average molecular weight is 336 g/mol. The molecule has 0 saturated carbocycles. The van der Waals surface area contributed by atoms with Crippen molar-refractivity contribution in [3.63, 3.8) is 0 Å². The van der Waals surface area contributed by atoms with Gasteiger partial charge in [0.1, 0.15) is 17.6 Å². The lowest BCUT2D eigenvalue weighted by Gasteiger charge is -2.08. The summed E-state index contributed by atoms with van der Waals surface area (Å²) >= 11 is 0. The van der Waals surface area contributed by atoms with Crippen molar-refractivity contribution < 1.29 is 13.9 Å². The first-order valence-electron chi connectivity index (χ1n) is 7.13. The third kappa shape index (κ3) is 3.48. The molecule has 0 unspecified atom stereocenters. The van der Waals surface area contributed by atoms with Crippen LogP contribution in [0.4, 0.5) is 14.5 Å². The number of aromatic hydroxyl groups is 1. The Morgan fingerprint density at radius 2 is 1.76 bits per heavy atom. The van der Waals surface area contributed by atoms with Crippen molar-refractivity contribution in [2.75, 3.05) is 0 Å². The molecular formula is C18H10F2N4O. The molecule has 0 saturated heterocycles. The maximum Gasteiger partial charge on any atom is 0.213 e. The van der Waals surface area contributed by atoms with E-state index < -0.39 is 11.8 Å². The minimum absolute atomic E-state index is 0.0812. The normalized spacial score (nSPS) is 11.2. The number of nitriles is 1. The SMILES string of the molecule is N#CC(=Nc1ccc(F)cc1)c1ccnc(-c2ccnc(F)c2)c1O. The summed E-state index contributed by atoms with van der Waals surface area (Å²) in [5.74, 6) is -1.45. The van der Waals surface area contributed by atoms with E-state index in [9.17, 15) is 19.1 Å². The molecule has 0 fully saturated rings. The number of aromatic nitrogens is 2. The summed E-state index contributed by atoms with van der Waals surface area (Å²) in [7, 11) is 0. The predicted molar refractivity (Wildman–Crippen MR) is 87.3 cm³/mol. The molecular weight excluding hydrogens is 326 g/mol. The van der Waals surface area contributed by atoms with Crippen LogP contribution in [0.3, 0.4) is 0 Å². The lowest BCUT2D eigenvalue weighted by molar-refractivity contribution is 0.474. The van der Waals surface area contributed by atoms with Gasteiger partial charge in [0, 0.05) is 24.0 Å². The Balaban J connectivity index is 2.09. The van der Waals surface area contributed by atoms with Crippen molar-refractivity contribution in [3.05, 3.63) is 72.2 Å². The number of rotatable bonds is 3. The van der Waals surface area contributed by atoms with Gasteiger partial charge in [0.15, 0.2) is 11.5 Å². The summed E-state index contributed by atoms with van der Waals surface area (Å²) in [6.07, 6.45) is 2.62. The van der Waals surface area contributed by atoms with Crippen LogP contribution in [0.2, 0.25) is 0 Å². The van der Waals surface area contributed by atoms with Crippen molar-refractivity contribution in [2.24, 2.45) is 4.99 Å². The molecule has 0 amide bonds. The van der Waals surface area contributed by atoms with Crippen LogP contribution >= 0.6 is 0 Å². The maximum absolute atomic E-state index is 13.3. The van der Waals surface area contributed by atoms with Crippen LogP contribution in [0.15, 0.2) is 59.9 Å². The van der Waals surface area contributed by atoms with Crippen LogP contribution in [-0.2, 0) is 0 Å². The second-order valence-electron chi connectivity index (χ2n) is 4.97. The summed E-state index contributed by atoms with van der Waals surface area (Å²) < 4.78 is 26.3. The second kappa shape index (κ2) is 6.84. The highest BCUT2D eigenvalue weighted by molar-refractivity contribution is 6.15. The molecule has 25 heavy (non-hydrogen) atoms. The third-order valence-electron chi connectivity index (χ3n) is 3.35. The summed E-state index contributed by atoms with van der Waals surface area (Å²) in [5.41, 5.74) is 0.814. The fourth-order valence-corrected chi connectivity index (χ4v) is 2.20. The van der Waals surface area contributed by atoms with E-state index in [4.69, 9.17) is 0 Å². The first-order chi connectivity index (χ1) is 12.1. The van der Waals surface area contributed by atoms with Crippen LogP contribution in [0.1, 0.15) is 5.56 Å². The van der Waals surface area contributed by atoms with Crippen LogP contribution < -0.4 is 0 Å². The zero-order chi connectivity index (χ0) is 17.8. The van der Waals surface area contributed by atoms with E-state index in [1.54, 1.807) is 0 Å². The molecule has 2 aromatic heterocycles. The zero-order valence-corrected chi connectivity index (χ0v) is 12.7. The number of nitrogens with zero attached hydrogens (tertiary/aromatic N) is 4. The van der Waals surface area contributed by atoms with Crippen LogP contribution in [0.5, 0.6) is 5.75 Å². The molecule has 2 heterocycles. The van der Waals surface area contributed by atoms with E-state index >= 15 is 0 Å². The van der Waals surface area contributed by atoms with Crippen molar-refractivity contribution >= 4 is 11.4 Å². The van der Waals surface area contributed by atoms with Gasteiger partial charge in [0.2, 0.25) is 5.95 Å². The van der Waals surface area contributed by atoms with Crippen LogP contribution in [0.25, 0.3) is 11.3 Å². The molecule has 0 aliphatic rings. The molecule has 5 nitrogen and oxygen atoms in total. The lowest BCUT2D eigenvalue weighted by Crippen LogP contribution is -2.00. The summed E-state index contributed by atoms with van der Waals surface area (Å²) in [6, 6.07) is 11.2. The molecule has 1 aromatic carbocycles. The van der Waals surface area contributed by atoms with Gasteiger partial charge in [0.05, 0.1) is 11.3 Å². The number of hydrogen-bond donors (Lipinski definition) is 1. The standard InChI is InChI=1S/C18H10F2N4O/c19-12-1-3-13(4-2-12)24-15(10-21)14-6-8-23-17(18(14)25)11-5-7-22-16(20)9-11/h1-9,25H. The van der Waals surface area contributed by atoms with E-state index in [0.717, 1.165) is 6.07 Å². The van der Waals surface area contributed by atoms with Crippen molar-refractivity contribution in [1.29, 1.82) is 5.26 Å². The molecule has 3 rings (SSSR count). The Kier molecular flexibility index (Phi) is 4.44. The summed E-state index contributed by atoms with van der Waals surface area (Å²) in [4.78, 5) is 11.6. The highest BCUT2D eigenvalue weighted by Gasteiger charge is 2.15. The Morgan fingerprint density at radius 3 is 2.44 bits per heavy atom. The number of pyridine rings is 2. The fraction of sp³-hybridized carbons (Fsp3) is 0. The Morgan fingerprint density at radius 1 is 1.04 bits per heavy atom. The smallest absolute Gasteiger partial charge is 0.213 e. The number of aliphatic imine (C=N–C) groups is 1. The predicted octanol–water partition coefficient (Wildman–Crippen LogP) is 3.77. The maximum atomic E-state index is 13.3. The largest absolute Gasteiger partial charge is 0.505 e. The van der Waals surface area contributed by atoms with Gasteiger partial charge in [-0.3, -0.25) is 4.98 Å².